The van der Waals surface area contributed by atoms with Gasteiger partial charge in [-0.2, -0.15) is 11.8 Å². The summed E-state index contributed by atoms with van der Waals surface area (Å²) >= 11 is 1.18. The Hall–Kier alpha value is -1.23. The monoisotopic (exact) mass is 246 g/mol. The number of carboxylic acids is 1. The van der Waals surface area contributed by atoms with Crippen LogP contribution in [0.4, 0.5) is 0 Å². The highest BCUT2D eigenvalue weighted by molar-refractivity contribution is 7.99. The van der Waals surface area contributed by atoms with E-state index in [0.717, 1.165) is 0 Å². The van der Waals surface area contributed by atoms with E-state index in [4.69, 9.17) is 23.0 Å². The van der Waals surface area contributed by atoms with Gasteiger partial charge in [0.15, 0.2) is 6.61 Å². The van der Waals surface area contributed by atoms with Gasteiger partial charge in [0.1, 0.15) is 12.1 Å². The Kier molecular flexibility index (Phi) is 7.37. The first-order valence-corrected chi connectivity index (χ1v) is 5.56. The van der Waals surface area contributed by atoms with Gasteiger partial charge in [0.2, 0.25) is 0 Å². The SMILES string of the molecule is C#CCOC(=O)C(N)CSCC(N)C(=O)O. The highest BCUT2D eigenvalue weighted by Gasteiger charge is 2.17. The van der Waals surface area contributed by atoms with Crippen molar-refractivity contribution in [3.05, 3.63) is 0 Å². The summed E-state index contributed by atoms with van der Waals surface area (Å²) in [4.78, 5) is 21.5. The molecule has 0 spiro atoms. The van der Waals surface area contributed by atoms with Crippen LogP contribution in [0.25, 0.3) is 0 Å². The quantitative estimate of drug-likeness (QED) is 0.375. The number of aliphatic carboxylic acids is 1. The maximum atomic E-state index is 11.1. The van der Waals surface area contributed by atoms with E-state index < -0.39 is 24.0 Å². The Morgan fingerprint density at radius 3 is 2.44 bits per heavy atom. The zero-order chi connectivity index (χ0) is 12.6. The van der Waals surface area contributed by atoms with Crippen molar-refractivity contribution in [2.24, 2.45) is 11.5 Å². The molecule has 0 aliphatic carbocycles. The van der Waals surface area contributed by atoms with Crippen molar-refractivity contribution < 1.29 is 19.4 Å². The minimum absolute atomic E-state index is 0.119. The van der Waals surface area contributed by atoms with Gasteiger partial charge >= 0.3 is 11.9 Å². The summed E-state index contributed by atoms with van der Waals surface area (Å²) in [5.41, 5.74) is 10.7. The van der Waals surface area contributed by atoms with Crippen LogP contribution in [0.5, 0.6) is 0 Å². The standard InChI is InChI=1S/C9H14N2O4S/c1-2-3-15-9(14)7(11)5-16-4-6(10)8(12)13/h1,6-7H,3-5,10-11H2,(H,12,13). The number of hydrogen-bond donors (Lipinski definition) is 3. The predicted octanol–water partition coefficient (Wildman–Crippen LogP) is -1.36. The van der Waals surface area contributed by atoms with Gasteiger partial charge in [-0.3, -0.25) is 9.59 Å². The van der Waals surface area contributed by atoms with Crippen LogP contribution in [0.2, 0.25) is 0 Å². The average molecular weight is 246 g/mol. The van der Waals surface area contributed by atoms with Crippen LogP contribution < -0.4 is 11.5 Å². The average Bonchev–Trinajstić information content (AvgIpc) is 2.25. The third-order valence-electron chi connectivity index (χ3n) is 1.51. The van der Waals surface area contributed by atoms with Crippen LogP contribution in [0.3, 0.4) is 0 Å². The topological polar surface area (TPSA) is 116 Å². The summed E-state index contributed by atoms with van der Waals surface area (Å²) in [5.74, 6) is 0.877. The van der Waals surface area contributed by atoms with Gasteiger partial charge in [-0.1, -0.05) is 5.92 Å². The minimum Gasteiger partial charge on any atom is -0.480 e. The first-order chi connectivity index (χ1) is 7.49. The van der Waals surface area contributed by atoms with E-state index in [-0.39, 0.29) is 18.1 Å². The van der Waals surface area contributed by atoms with Crippen LogP contribution in [0.15, 0.2) is 0 Å². The van der Waals surface area contributed by atoms with Crippen molar-refractivity contribution >= 4 is 23.7 Å². The predicted molar refractivity (Wildman–Crippen MR) is 60.7 cm³/mol. The summed E-state index contributed by atoms with van der Waals surface area (Å²) in [6, 6.07) is -1.78. The molecule has 0 fully saturated rings. The Balaban J connectivity index is 3.73. The number of ether oxygens (including phenoxy) is 1. The highest BCUT2D eigenvalue weighted by Crippen LogP contribution is 2.04. The van der Waals surface area contributed by atoms with Gasteiger partial charge in [-0.15, -0.1) is 6.42 Å². The second-order valence-electron chi connectivity index (χ2n) is 2.90. The zero-order valence-corrected chi connectivity index (χ0v) is 9.40. The summed E-state index contributed by atoms with van der Waals surface area (Å²) in [6.07, 6.45) is 4.90. The number of carboxylic acid groups (broad SMARTS) is 1. The van der Waals surface area contributed by atoms with Crippen molar-refractivity contribution in [3.63, 3.8) is 0 Å². The fourth-order valence-corrected chi connectivity index (χ4v) is 1.60. The molecule has 6 nitrogen and oxygen atoms in total. The Bertz CT molecular complexity index is 290. The van der Waals surface area contributed by atoms with Crippen LogP contribution in [0.1, 0.15) is 0 Å². The second-order valence-corrected chi connectivity index (χ2v) is 3.98. The van der Waals surface area contributed by atoms with Gasteiger partial charge in [-0.05, 0) is 0 Å². The summed E-state index contributed by atoms with van der Waals surface area (Å²) in [5, 5.41) is 8.49. The molecule has 0 saturated carbocycles. The first-order valence-electron chi connectivity index (χ1n) is 4.40. The molecule has 2 atom stereocenters. The van der Waals surface area contributed by atoms with E-state index in [1.54, 1.807) is 0 Å². The van der Waals surface area contributed by atoms with Crippen molar-refractivity contribution in [2.75, 3.05) is 18.1 Å². The van der Waals surface area contributed by atoms with Gasteiger partial charge in [0.05, 0.1) is 0 Å². The molecule has 0 aromatic heterocycles. The molecule has 0 rings (SSSR count). The minimum atomic E-state index is -1.09. The van der Waals surface area contributed by atoms with Crippen LogP contribution in [-0.4, -0.2) is 47.2 Å². The number of rotatable bonds is 7. The third-order valence-corrected chi connectivity index (χ3v) is 2.70. The molecule has 0 bridgehead atoms. The van der Waals surface area contributed by atoms with Crippen molar-refractivity contribution in [2.45, 2.75) is 12.1 Å². The Morgan fingerprint density at radius 2 is 1.94 bits per heavy atom. The molecule has 0 amide bonds. The van der Waals surface area contributed by atoms with Crippen LogP contribution in [-0.2, 0) is 14.3 Å². The molecule has 0 aromatic rings. The molecule has 0 radical (unpaired) electrons. The van der Waals surface area contributed by atoms with Crippen LogP contribution in [0, 0.1) is 12.3 Å². The van der Waals surface area contributed by atoms with E-state index in [9.17, 15) is 9.59 Å². The summed E-state index contributed by atoms with van der Waals surface area (Å²) < 4.78 is 4.60. The van der Waals surface area contributed by atoms with E-state index in [2.05, 4.69) is 10.7 Å². The number of nitrogens with two attached hydrogens (primary N) is 2. The molecule has 0 aliphatic rings. The highest BCUT2D eigenvalue weighted by atomic mass is 32.2. The lowest BCUT2D eigenvalue weighted by molar-refractivity contribution is -0.143. The number of esters is 1. The number of terminal acetylenes is 1. The number of hydrogen-bond acceptors (Lipinski definition) is 6. The molecule has 7 heteroatoms. The van der Waals surface area contributed by atoms with E-state index >= 15 is 0 Å². The largest absolute Gasteiger partial charge is 0.480 e. The fourth-order valence-electron chi connectivity index (χ4n) is 0.681. The molecule has 0 aliphatic heterocycles. The molecular weight excluding hydrogens is 232 g/mol. The molecule has 5 N–H and O–H groups in total. The summed E-state index contributed by atoms with van der Waals surface area (Å²) in [6.45, 7) is -0.119. The lowest BCUT2D eigenvalue weighted by Gasteiger charge is -2.10. The summed E-state index contributed by atoms with van der Waals surface area (Å²) in [7, 11) is 0. The molecule has 16 heavy (non-hydrogen) atoms. The number of thioether (sulfide) groups is 1. The number of carbonyl (C=O) groups is 2. The van der Waals surface area contributed by atoms with Crippen molar-refractivity contribution in [3.8, 4) is 12.3 Å². The first kappa shape index (κ1) is 14.8. The second kappa shape index (κ2) is 7.98. The molecule has 90 valence electrons. The van der Waals surface area contributed by atoms with Crippen molar-refractivity contribution in [1.82, 2.24) is 0 Å². The van der Waals surface area contributed by atoms with Gasteiger partial charge in [0.25, 0.3) is 0 Å². The molecule has 0 aromatic carbocycles. The maximum absolute atomic E-state index is 11.1. The smallest absolute Gasteiger partial charge is 0.324 e. The number of carbonyl (C=O) groups excluding carboxylic acids is 1. The molecule has 0 saturated heterocycles. The van der Waals surface area contributed by atoms with Crippen molar-refractivity contribution in [1.29, 1.82) is 0 Å². The van der Waals surface area contributed by atoms with E-state index in [1.165, 1.54) is 11.8 Å². The molecule has 0 heterocycles. The fraction of sp³-hybridized carbons (Fsp3) is 0.556. The van der Waals surface area contributed by atoms with E-state index in [0.29, 0.717) is 0 Å². The molecular formula is C9H14N2O4S. The Labute approximate surface area is 97.7 Å². The van der Waals surface area contributed by atoms with Gasteiger partial charge < -0.3 is 21.3 Å². The van der Waals surface area contributed by atoms with E-state index in [1.807, 2.05) is 0 Å². The third kappa shape index (κ3) is 6.29. The molecule has 2 unspecified atom stereocenters. The maximum Gasteiger partial charge on any atom is 0.324 e. The van der Waals surface area contributed by atoms with Crippen LogP contribution >= 0.6 is 11.8 Å². The van der Waals surface area contributed by atoms with Gasteiger partial charge in [-0.25, -0.2) is 0 Å². The zero-order valence-electron chi connectivity index (χ0n) is 8.59. The van der Waals surface area contributed by atoms with Gasteiger partial charge in [0, 0.05) is 11.5 Å². The lowest BCUT2D eigenvalue weighted by atomic mass is 10.4. The lowest BCUT2D eigenvalue weighted by Crippen LogP contribution is -2.37. The Morgan fingerprint density at radius 1 is 1.38 bits per heavy atom. The normalized spacial score (nSPS) is 13.6.